The Labute approximate surface area is 195 Å². The van der Waals surface area contributed by atoms with Gasteiger partial charge in [0.25, 0.3) is 0 Å². The van der Waals surface area contributed by atoms with Crippen LogP contribution in [0.2, 0.25) is 0 Å². The fourth-order valence-electron chi connectivity index (χ4n) is 4.08. The molecule has 0 aliphatic carbocycles. The summed E-state index contributed by atoms with van der Waals surface area (Å²) in [6.07, 6.45) is 10.2. The number of unbranched alkanes of at least 4 members (excludes halogenated alkanes) is 5. The monoisotopic (exact) mass is 452 g/mol. The molecule has 0 radical (unpaired) electrons. The first-order valence-electron chi connectivity index (χ1n) is 11.2. The molecule has 1 heterocycles. The van der Waals surface area contributed by atoms with Gasteiger partial charge in [-0.3, -0.25) is 4.79 Å². The number of para-hydroxylation sites is 1. The molecular weight excluding hydrogens is 420 g/mol. The van der Waals surface area contributed by atoms with Crippen molar-refractivity contribution in [2.75, 3.05) is 6.26 Å². The molecule has 3 nitrogen and oxygen atoms in total. The zero-order chi connectivity index (χ0) is 22.1. The van der Waals surface area contributed by atoms with Crippen LogP contribution in [0.5, 0.6) is 0 Å². The van der Waals surface area contributed by atoms with Gasteiger partial charge in [0.05, 0.1) is 12.2 Å². The van der Waals surface area contributed by atoms with Crippen LogP contribution in [0.25, 0.3) is 22.0 Å². The Kier molecular flexibility index (Phi) is 9.16. The quantitative estimate of drug-likeness (QED) is 0.272. The highest BCUT2D eigenvalue weighted by molar-refractivity contribution is 8.22. The van der Waals surface area contributed by atoms with Crippen molar-refractivity contribution < 1.29 is 0 Å². The zero-order valence-electron chi connectivity index (χ0n) is 18.5. The van der Waals surface area contributed by atoms with Crippen LogP contribution in [0.3, 0.4) is 0 Å². The predicted octanol–water partition coefficient (Wildman–Crippen LogP) is 6.77. The third-order valence-electron chi connectivity index (χ3n) is 5.68. The number of thioether (sulfide) groups is 1. The first-order valence-corrected chi connectivity index (χ1v) is 12.8. The molecule has 0 fully saturated rings. The Hall–Kier alpha value is -2.11. The Morgan fingerprint density at radius 2 is 1.65 bits per heavy atom. The molecule has 31 heavy (non-hydrogen) atoms. The number of hydrogen-bond donors (Lipinski definition) is 1. The Bertz CT molecular complexity index is 1060. The van der Waals surface area contributed by atoms with Crippen molar-refractivity contribution in [3.63, 3.8) is 0 Å². The molecule has 0 saturated carbocycles. The number of thiocarbonyl (C=S) groups is 1. The average molecular weight is 453 g/mol. The van der Waals surface area contributed by atoms with E-state index >= 15 is 0 Å². The minimum atomic E-state index is 0.117. The van der Waals surface area contributed by atoms with E-state index in [1.807, 2.05) is 60.9 Å². The molecule has 0 aliphatic rings. The minimum Gasteiger partial charge on any atom is -0.353 e. The van der Waals surface area contributed by atoms with Crippen molar-refractivity contribution in [2.24, 2.45) is 0 Å². The lowest BCUT2D eigenvalue weighted by Gasteiger charge is -2.22. The fourth-order valence-corrected chi connectivity index (χ4v) is 4.35. The summed E-state index contributed by atoms with van der Waals surface area (Å²) in [5.74, 6) is 0. The number of nitrogens with one attached hydrogen (secondary N) is 1. The van der Waals surface area contributed by atoms with E-state index in [2.05, 4.69) is 16.8 Å². The van der Waals surface area contributed by atoms with E-state index in [-0.39, 0.29) is 5.43 Å². The summed E-state index contributed by atoms with van der Waals surface area (Å²) >= 11 is 6.93. The number of nitrogens with zero attached hydrogens (tertiary/aromatic N) is 1. The second kappa shape index (κ2) is 12.1. The summed E-state index contributed by atoms with van der Waals surface area (Å²) in [5, 5.41) is 4.11. The highest BCUT2D eigenvalue weighted by Crippen LogP contribution is 2.26. The average Bonchev–Trinajstić information content (AvgIpc) is 2.81. The number of pyridine rings is 1. The van der Waals surface area contributed by atoms with Crippen LogP contribution >= 0.6 is 24.0 Å². The van der Waals surface area contributed by atoms with Crippen LogP contribution < -0.4 is 10.7 Å². The SMILES string of the molecule is CCCCCCCCc1c(-c2ccccc2)c(=O)c2ccccc2n1CNC(=S)SC. The molecule has 2 aromatic carbocycles. The van der Waals surface area contributed by atoms with E-state index in [1.165, 1.54) is 43.9 Å². The van der Waals surface area contributed by atoms with Gasteiger partial charge in [0.15, 0.2) is 5.43 Å². The van der Waals surface area contributed by atoms with Gasteiger partial charge >= 0.3 is 0 Å². The summed E-state index contributed by atoms with van der Waals surface area (Å²) < 4.78 is 3.02. The van der Waals surface area contributed by atoms with Gasteiger partial charge in [0.2, 0.25) is 0 Å². The van der Waals surface area contributed by atoms with E-state index in [1.54, 1.807) is 0 Å². The van der Waals surface area contributed by atoms with E-state index in [0.29, 0.717) is 6.67 Å². The fraction of sp³-hybridized carbons (Fsp3) is 0.385. The summed E-state index contributed by atoms with van der Waals surface area (Å²) in [5.41, 5.74) is 3.99. The van der Waals surface area contributed by atoms with Crippen LogP contribution in [-0.4, -0.2) is 15.1 Å². The maximum absolute atomic E-state index is 13.6. The Morgan fingerprint density at radius 1 is 0.968 bits per heavy atom. The molecule has 1 N–H and O–H groups in total. The Balaban J connectivity index is 2.08. The molecule has 0 amide bonds. The number of hydrogen-bond acceptors (Lipinski definition) is 3. The number of fused-ring (bicyclic) bond motifs is 1. The molecule has 0 aliphatic heterocycles. The normalized spacial score (nSPS) is 11.0. The predicted molar refractivity (Wildman–Crippen MR) is 140 cm³/mol. The summed E-state index contributed by atoms with van der Waals surface area (Å²) in [4.78, 5) is 13.6. The van der Waals surface area contributed by atoms with Gasteiger partial charge < -0.3 is 9.88 Å². The third kappa shape index (κ3) is 5.98. The van der Waals surface area contributed by atoms with Crippen LogP contribution in [0.15, 0.2) is 59.4 Å². The first kappa shape index (κ1) is 23.6. The van der Waals surface area contributed by atoms with Gasteiger partial charge in [-0.2, -0.15) is 0 Å². The van der Waals surface area contributed by atoms with Gasteiger partial charge in [-0.1, -0.05) is 93.7 Å². The third-order valence-corrected chi connectivity index (χ3v) is 6.84. The summed E-state index contributed by atoms with van der Waals surface area (Å²) in [6.45, 7) is 2.80. The smallest absolute Gasteiger partial charge is 0.197 e. The molecule has 0 spiro atoms. The lowest BCUT2D eigenvalue weighted by atomic mass is 9.96. The molecular formula is C26H32N2OS2. The lowest BCUT2D eigenvalue weighted by molar-refractivity contribution is 0.586. The standard InChI is InChI=1S/C26H32N2OS2/c1-3-4-5-6-7-11-18-23-24(20-14-9-8-10-15-20)25(29)21-16-12-13-17-22(21)28(23)19-27-26(30)31-2/h8-10,12-17H,3-7,11,18-19H2,1-2H3,(H,27,30). The van der Waals surface area contributed by atoms with Crippen molar-refractivity contribution in [1.82, 2.24) is 9.88 Å². The maximum Gasteiger partial charge on any atom is 0.197 e. The lowest BCUT2D eigenvalue weighted by Crippen LogP contribution is -2.27. The topological polar surface area (TPSA) is 34.0 Å². The van der Waals surface area contributed by atoms with Gasteiger partial charge in [0.1, 0.15) is 4.32 Å². The van der Waals surface area contributed by atoms with Gasteiger partial charge in [-0.05, 0) is 36.8 Å². The van der Waals surface area contributed by atoms with Crippen molar-refractivity contribution in [2.45, 2.75) is 58.5 Å². The molecule has 0 unspecified atom stereocenters. The Morgan fingerprint density at radius 3 is 2.39 bits per heavy atom. The van der Waals surface area contributed by atoms with E-state index in [9.17, 15) is 4.79 Å². The second-order valence-electron chi connectivity index (χ2n) is 7.81. The van der Waals surface area contributed by atoms with Gasteiger partial charge in [0, 0.05) is 16.6 Å². The zero-order valence-corrected chi connectivity index (χ0v) is 20.2. The highest BCUT2D eigenvalue weighted by atomic mass is 32.2. The molecule has 5 heteroatoms. The van der Waals surface area contributed by atoms with Crippen LogP contribution in [0, 0.1) is 0 Å². The molecule has 0 saturated heterocycles. The van der Waals surface area contributed by atoms with E-state index in [0.717, 1.165) is 44.9 Å². The maximum atomic E-state index is 13.6. The van der Waals surface area contributed by atoms with Gasteiger partial charge in [-0.15, -0.1) is 11.8 Å². The van der Waals surface area contributed by atoms with Crippen LogP contribution in [0.1, 0.15) is 51.1 Å². The molecule has 3 rings (SSSR count). The van der Waals surface area contributed by atoms with Gasteiger partial charge in [-0.25, -0.2) is 0 Å². The van der Waals surface area contributed by atoms with Crippen molar-refractivity contribution in [3.8, 4) is 11.1 Å². The summed E-state index contributed by atoms with van der Waals surface area (Å²) in [7, 11) is 0. The van der Waals surface area contributed by atoms with Crippen LogP contribution in [0.4, 0.5) is 0 Å². The van der Waals surface area contributed by atoms with Crippen LogP contribution in [-0.2, 0) is 13.1 Å². The molecule has 1 aromatic heterocycles. The number of aromatic nitrogens is 1. The molecule has 3 aromatic rings. The number of benzene rings is 2. The van der Waals surface area contributed by atoms with E-state index in [4.69, 9.17) is 12.2 Å². The first-order chi connectivity index (χ1) is 15.2. The second-order valence-corrected chi connectivity index (χ2v) is 9.29. The minimum absolute atomic E-state index is 0.117. The van der Waals surface area contributed by atoms with Crippen molar-refractivity contribution in [1.29, 1.82) is 0 Å². The van der Waals surface area contributed by atoms with Crippen molar-refractivity contribution in [3.05, 3.63) is 70.5 Å². The van der Waals surface area contributed by atoms with Crippen molar-refractivity contribution >= 4 is 39.2 Å². The van der Waals surface area contributed by atoms with E-state index < -0.39 is 0 Å². The molecule has 164 valence electrons. The largest absolute Gasteiger partial charge is 0.353 e. The summed E-state index contributed by atoms with van der Waals surface area (Å²) in [6, 6.07) is 18.0. The molecule has 0 atom stereocenters. The number of rotatable bonds is 10. The highest BCUT2D eigenvalue weighted by Gasteiger charge is 2.18. The molecule has 0 bridgehead atoms.